The Morgan fingerprint density at radius 1 is 1.22 bits per heavy atom. The number of nitrogens with zero attached hydrogens (tertiary/aromatic N) is 1. The van der Waals surface area contributed by atoms with E-state index in [-0.39, 0.29) is 11.3 Å². The minimum absolute atomic E-state index is 0.194. The maximum atomic E-state index is 12.2. The van der Waals surface area contributed by atoms with Gasteiger partial charge in [0, 0.05) is 19.5 Å². The van der Waals surface area contributed by atoms with Crippen molar-refractivity contribution in [2.75, 3.05) is 13.1 Å². The number of Topliss-reactive ketones (excluding diaryl/α,β-unsaturated/α-hetero) is 1. The predicted octanol–water partition coefficient (Wildman–Crippen LogP) is 3.43. The van der Waals surface area contributed by atoms with Gasteiger partial charge in [-0.1, -0.05) is 55.5 Å². The van der Waals surface area contributed by atoms with Gasteiger partial charge in [0.1, 0.15) is 0 Å². The summed E-state index contributed by atoms with van der Waals surface area (Å²) in [4.78, 5) is 12.2. The molecule has 1 aromatic carbocycles. The minimum Gasteiger partial charge on any atom is -0.295 e. The molecule has 0 bridgehead atoms. The summed E-state index contributed by atoms with van der Waals surface area (Å²) in [6.45, 7) is 4.12. The first kappa shape index (κ1) is 16.2. The first-order valence-corrected chi connectivity index (χ1v) is 8.69. The molecule has 1 saturated heterocycles. The number of ketones is 1. The molecule has 1 fully saturated rings. The van der Waals surface area contributed by atoms with Crippen LogP contribution in [0.4, 0.5) is 0 Å². The van der Waals surface area contributed by atoms with Crippen LogP contribution in [0, 0.1) is 0 Å². The van der Waals surface area contributed by atoms with Crippen LogP contribution in [0.1, 0.15) is 38.2 Å². The lowest BCUT2D eigenvalue weighted by Gasteiger charge is -2.38. The van der Waals surface area contributed by atoms with Gasteiger partial charge in [-0.15, -0.1) is 0 Å². The van der Waals surface area contributed by atoms with E-state index in [4.69, 9.17) is 0 Å². The Morgan fingerprint density at radius 2 is 1.96 bits per heavy atom. The van der Waals surface area contributed by atoms with Crippen molar-refractivity contribution in [3.63, 3.8) is 0 Å². The molecule has 2 aliphatic rings. The number of hydrogen-bond acceptors (Lipinski definition) is 3. The van der Waals surface area contributed by atoms with E-state index in [1.54, 1.807) is 0 Å². The number of allylic oxidation sites excluding steroid dienone is 2. The Morgan fingerprint density at radius 3 is 2.65 bits per heavy atom. The van der Waals surface area contributed by atoms with Gasteiger partial charge in [0.2, 0.25) is 0 Å². The van der Waals surface area contributed by atoms with Gasteiger partial charge < -0.3 is 0 Å². The first-order valence-electron chi connectivity index (χ1n) is 8.69. The van der Waals surface area contributed by atoms with E-state index < -0.39 is 0 Å². The molecule has 0 radical (unpaired) electrons. The predicted molar refractivity (Wildman–Crippen MR) is 94.0 cm³/mol. The molecule has 1 unspecified atom stereocenters. The summed E-state index contributed by atoms with van der Waals surface area (Å²) in [5.74, 6) is 0.259. The molecule has 1 aromatic rings. The van der Waals surface area contributed by atoms with Crippen molar-refractivity contribution in [2.24, 2.45) is 0 Å². The first-order chi connectivity index (χ1) is 11.2. The second-order valence-corrected chi connectivity index (χ2v) is 6.63. The standard InChI is InChI=1S/C20H26N2O/c1-2-19(23)18-11-8-12-20(16-18,21-22-13-6-7-14-22)15-17-9-4-3-5-10-17/h3-5,8-12,21H,2,6-7,13-16H2,1H3. The number of benzene rings is 1. The number of hydrazine groups is 1. The summed E-state index contributed by atoms with van der Waals surface area (Å²) < 4.78 is 0. The highest BCUT2D eigenvalue weighted by Crippen LogP contribution is 2.29. The molecule has 0 saturated carbocycles. The lowest BCUT2D eigenvalue weighted by molar-refractivity contribution is -0.115. The number of hydrogen-bond donors (Lipinski definition) is 1. The van der Waals surface area contributed by atoms with Crippen molar-refractivity contribution in [1.82, 2.24) is 10.4 Å². The Hall–Kier alpha value is -1.71. The highest BCUT2D eigenvalue weighted by atomic mass is 16.1. The van der Waals surface area contributed by atoms with E-state index >= 15 is 0 Å². The summed E-state index contributed by atoms with van der Waals surface area (Å²) in [7, 11) is 0. The van der Waals surface area contributed by atoms with Crippen LogP contribution in [0.25, 0.3) is 0 Å². The second kappa shape index (κ2) is 7.24. The molecular weight excluding hydrogens is 284 g/mol. The number of carbonyl (C=O) groups excluding carboxylic acids is 1. The van der Waals surface area contributed by atoms with Crippen molar-refractivity contribution in [2.45, 2.75) is 44.6 Å². The number of rotatable bonds is 6. The van der Waals surface area contributed by atoms with E-state index in [2.05, 4.69) is 46.9 Å². The smallest absolute Gasteiger partial charge is 0.158 e. The van der Waals surface area contributed by atoms with Crippen LogP contribution in [0.5, 0.6) is 0 Å². The van der Waals surface area contributed by atoms with Crippen LogP contribution in [0.3, 0.4) is 0 Å². The summed E-state index contributed by atoms with van der Waals surface area (Å²) >= 11 is 0. The van der Waals surface area contributed by atoms with E-state index in [1.165, 1.54) is 18.4 Å². The van der Waals surface area contributed by atoms with Gasteiger partial charge in [-0.2, -0.15) is 0 Å². The largest absolute Gasteiger partial charge is 0.295 e. The summed E-state index contributed by atoms with van der Waals surface area (Å²) in [6, 6.07) is 10.5. The summed E-state index contributed by atoms with van der Waals surface area (Å²) in [5, 5.41) is 2.33. The molecule has 1 aliphatic heterocycles. The van der Waals surface area contributed by atoms with Gasteiger partial charge in [-0.25, -0.2) is 10.4 Å². The van der Waals surface area contributed by atoms with E-state index in [9.17, 15) is 4.79 Å². The van der Waals surface area contributed by atoms with Gasteiger partial charge in [-0.05, 0) is 36.8 Å². The third-order valence-electron chi connectivity index (χ3n) is 4.75. The Kier molecular flexibility index (Phi) is 5.09. The average molecular weight is 310 g/mol. The fourth-order valence-electron chi connectivity index (χ4n) is 3.57. The fourth-order valence-corrected chi connectivity index (χ4v) is 3.57. The summed E-state index contributed by atoms with van der Waals surface area (Å²) in [6.07, 6.45) is 11.0. The van der Waals surface area contributed by atoms with Gasteiger partial charge in [0.05, 0.1) is 5.54 Å². The maximum absolute atomic E-state index is 12.2. The molecule has 0 amide bonds. The zero-order valence-electron chi connectivity index (χ0n) is 13.9. The lowest BCUT2D eigenvalue weighted by atomic mass is 9.80. The third-order valence-corrected chi connectivity index (χ3v) is 4.75. The van der Waals surface area contributed by atoms with E-state index in [0.717, 1.165) is 31.5 Å². The van der Waals surface area contributed by atoms with Crippen molar-refractivity contribution < 1.29 is 4.79 Å². The van der Waals surface area contributed by atoms with E-state index in [1.807, 2.05) is 19.1 Å². The zero-order chi connectivity index (χ0) is 16.1. The Balaban J connectivity index is 1.83. The highest BCUT2D eigenvalue weighted by molar-refractivity contribution is 5.95. The highest BCUT2D eigenvalue weighted by Gasteiger charge is 2.34. The quantitative estimate of drug-likeness (QED) is 0.873. The maximum Gasteiger partial charge on any atom is 0.158 e. The molecule has 1 aliphatic carbocycles. The molecular formula is C20H26N2O. The number of nitrogens with one attached hydrogen (secondary N) is 1. The molecule has 122 valence electrons. The monoisotopic (exact) mass is 310 g/mol. The Labute approximate surface area is 139 Å². The van der Waals surface area contributed by atoms with Crippen LogP contribution >= 0.6 is 0 Å². The molecule has 3 heteroatoms. The van der Waals surface area contributed by atoms with Crippen molar-refractivity contribution >= 4 is 5.78 Å². The summed E-state index contributed by atoms with van der Waals surface area (Å²) in [5.41, 5.74) is 5.79. The normalized spacial score (nSPS) is 24.7. The van der Waals surface area contributed by atoms with Crippen molar-refractivity contribution in [3.8, 4) is 0 Å². The topological polar surface area (TPSA) is 32.3 Å². The van der Waals surface area contributed by atoms with Crippen LogP contribution < -0.4 is 5.43 Å². The van der Waals surface area contributed by atoms with Crippen LogP contribution in [-0.2, 0) is 11.2 Å². The second-order valence-electron chi connectivity index (χ2n) is 6.63. The van der Waals surface area contributed by atoms with Gasteiger partial charge >= 0.3 is 0 Å². The minimum atomic E-state index is -0.194. The lowest BCUT2D eigenvalue weighted by Crippen LogP contribution is -2.54. The van der Waals surface area contributed by atoms with Crippen molar-refractivity contribution in [3.05, 3.63) is 59.7 Å². The number of carbonyl (C=O) groups is 1. The molecule has 3 nitrogen and oxygen atoms in total. The Bertz CT molecular complexity index is 599. The van der Waals surface area contributed by atoms with Crippen LogP contribution in [0.2, 0.25) is 0 Å². The molecule has 1 heterocycles. The van der Waals surface area contributed by atoms with Gasteiger partial charge in [0.15, 0.2) is 5.78 Å². The fraction of sp³-hybridized carbons (Fsp3) is 0.450. The van der Waals surface area contributed by atoms with Gasteiger partial charge in [-0.3, -0.25) is 4.79 Å². The average Bonchev–Trinajstić information content (AvgIpc) is 3.07. The molecule has 1 atom stereocenters. The molecule has 0 spiro atoms. The van der Waals surface area contributed by atoms with E-state index in [0.29, 0.717) is 6.42 Å². The molecule has 3 rings (SSSR count). The molecule has 1 N–H and O–H groups in total. The van der Waals surface area contributed by atoms with Gasteiger partial charge in [0.25, 0.3) is 0 Å². The molecule has 23 heavy (non-hydrogen) atoms. The molecule has 0 aromatic heterocycles. The van der Waals surface area contributed by atoms with Crippen molar-refractivity contribution in [1.29, 1.82) is 0 Å². The van der Waals surface area contributed by atoms with Crippen LogP contribution in [-0.4, -0.2) is 29.4 Å². The third kappa shape index (κ3) is 3.98. The zero-order valence-corrected chi connectivity index (χ0v) is 13.9. The SMILES string of the molecule is CCC(=O)C1=CC=CC(Cc2ccccc2)(NN2CCCC2)C1. The van der Waals surface area contributed by atoms with Crippen LogP contribution in [0.15, 0.2) is 54.1 Å².